The van der Waals surface area contributed by atoms with Gasteiger partial charge in [0.25, 0.3) is 0 Å². The molecule has 0 radical (unpaired) electrons. The van der Waals surface area contributed by atoms with Crippen LogP contribution in [0.5, 0.6) is 0 Å². The van der Waals surface area contributed by atoms with E-state index in [9.17, 15) is 45.6 Å². The van der Waals surface area contributed by atoms with E-state index < -0.39 is 86.8 Å². The molecule has 1 amide bonds. The lowest BCUT2D eigenvalue weighted by Crippen LogP contribution is -2.65. The second-order valence-electron chi connectivity index (χ2n) is 27.1. The maximum absolute atomic E-state index is 13.4. The van der Waals surface area contributed by atoms with Gasteiger partial charge < -0.3 is 65.1 Å². The molecule has 0 bridgehead atoms. The van der Waals surface area contributed by atoms with Gasteiger partial charge >= 0.3 is 0 Å². The van der Waals surface area contributed by atoms with Crippen molar-refractivity contribution >= 4 is 5.91 Å². The Kier molecular flexibility index (Phi) is 61.1. The molecule has 12 unspecified atom stereocenters. The van der Waals surface area contributed by atoms with E-state index in [4.69, 9.17) is 18.9 Å². The predicted octanol–water partition coefficient (Wildman–Crippen LogP) is 17.8. The van der Waals surface area contributed by atoms with Crippen LogP contribution in [-0.4, -0.2) is 140 Å². The molecule has 2 rings (SSSR count). The zero-order valence-electron chi connectivity index (χ0n) is 61.5. The summed E-state index contributed by atoms with van der Waals surface area (Å²) in [6.07, 6.45) is 82.3. The van der Waals surface area contributed by atoms with Crippen molar-refractivity contribution < 1.29 is 64.6 Å². The van der Waals surface area contributed by atoms with Gasteiger partial charge in [-0.05, 0) is 109 Å². The average Bonchev–Trinajstić information content (AvgIpc) is 0.793. The van der Waals surface area contributed by atoms with Crippen LogP contribution in [0, 0.1) is 0 Å². The molecule has 0 aromatic carbocycles. The molecule has 0 aliphatic carbocycles. The second-order valence-corrected chi connectivity index (χ2v) is 27.1. The second kappa shape index (κ2) is 66.4. The number of rotatable bonds is 64. The molecule has 0 spiro atoms. The highest BCUT2D eigenvalue weighted by molar-refractivity contribution is 5.76. The summed E-state index contributed by atoms with van der Waals surface area (Å²) in [5.74, 6) is -0.256. The molecule has 14 heteroatoms. The molecule has 0 aromatic heterocycles. The van der Waals surface area contributed by atoms with Gasteiger partial charge in [0.15, 0.2) is 12.6 Å². The van der Waals surface area contributed by atoms with Crippen molar-refractivity contribution in [3.05, 3.63) is 134 Å². The lowest BCUT2D eigenvalue weighted by molar-refractivity contribution is -0.359. The Morgan fingerprint density at radius 2 is 0.714 bits per heavy atom. The van der Waals surface area contributed by atoms with Gasteiger partial charge in [-0.2, -0.15) is 0 Å². The van der Waals surface area contributed by atoms with Crippen LogP contribution < -0.4 is 5.32 Å². The van der Waals surface area contributed by atoms with Gasteiger partial charge in [0.2, 0.25) is 5.91 Å². The highest BCUT2D eigenvalue weighted by Gasteiger charge is 2.51. The van der Waals surface area contributed by atoms with Gasteiger partial charge in [0.1, 0.15) is 48.8 Å². The van der Waals surface area contributed by atoms with Gasteiger partial charge in [-0.3, -0.25) is 4.79 Å². The van der Waals surface area contributed by atoms with E-state index in [1.165, 1.54) is 161 Å². The van der Waals surface area contributed by atoms with Crippen molar-refractivity contribution in [1.29, 1.82) is 0 Å². The average molecular weight is 1380 g/mol. The smallest absolute Gasteiger partial charge is 0.220 e. The van der Waals surface area contributed by atoms with Gasteiger partial charge in [-0.1, -0.05) is 314 Å². The summed E-state index contributed by atoms with van der Waals surface area (Å²) >= 11 is 0. The predicted molar refractivity (Wildman–Crippen MR) is 405 cm³/mol. The standard InChI is InChI=1S/C84H143NO13/c1-3-5-7-9-11-13-15-17-19-21-23-25-27-29-30-31-32-33-34-35-36-37-38-39-40-41-42-44-46-48-50-52-54-56-58-60-62-64-66-68-76(89)85-72(71-95-83-81(94)79(92)82(75(70-87)97-83)98-84-80(93)78(91)77(90)74(69-86)96-84)73(88)67-65-63-61-59-57-55-53-51-49-47-45-43-28-26-24-22-20-18-16-14-12-10-8-6-4-2/h5,7,11,13,17,19,23,25,29-30,32-33,35-36,38-39,49,51,57,59,65,67,72-75,77-84,86-88,90-94H,3-4,6,8-10,12,14-16,18,20-22,24,26-28,31,34,37,40-48,50,52-56,58,60-64,66,68-71H2,1-2H3,(H,85,89)/b7-5-,13-11-,19-17-,25-23-,30-29-,33-32-,36-35-,39-38-,51-49+,59-57+,67-65+. The van der Waals surface area contributed by atoms with E-state index in [2.05, 4.69) is 141 Å². The van der Waals surface area contributed by atoms with E-state index in [0.29, 0.717) is 12.8 Å². The normalized spacial score (nSPS) is 22.8. The van der Waals surface area contributed by atoms with Crippen LogP contribution in [0.1, 0.15) is 296 Å². The molecule has 2 aliphatic rings. The van der Waals surface area contributed by atoms with Crippen LogP contribution in [0.25, 0.3) is 0 Å². The number of allylic oxidation sites excluding steroid dienone is 21. The SMILES string of the molecule is CC/C=C\C/C=C\C/C=C\C/C=C\C/C=C\C/C=C\C/C=C\C/C=C\CCCCCCCCCCCCCCCCC(=O)NC(COC1OC(CO)C(OC2OC(CO)C(O)C(O)C2O)C(O)C1O)C(O)/C=C/CC/C=C/CC/C=C/CCCCCCCCCCCCCCCCC. The first kappa shape index (κ1) is 90.2. The molecule has 2 heterocycles. The number of carbonyl (C=O) groups is 1. The topological polar surface area (TPSA) is 228 Å². The minimum absolute atomic E-state index is 0.256. The maximum Gasteiger partial charge on any atom is 0.220 e. The monoisotopic (exact) mass is 1370 g/mol. The molecule has 2 aliphatic heterocycles. The van der Waals surface area contributed by atoms with E-state index in [-0.39, 0.29) is 18.9 Å². The van der Waals surface area contributed by atoms with Gasteiger partial charge in [0, 0.05) is 6.42 Å². The number of hydrogen-bond donors (Lipinski definition) is 9. The summed E-state index contributed by atoms with van der Waals surface area (Å²) in [5, 5.41) is 87.6. The summed E-state index contributed by atoms with van der Waals surface area (Å²) in [6.45, 7) is 2.68. The molecule has 0 saturated carbocycles. The number of hydrogen-bond acceptors (Lipinski definition) is 13. The molecule has 98 heavy (non-hydrogen) atoms. The molecule has 0 aromatic rings. The third kappa shape index (κ3) is 48.9. The van der Waals surface area contributed by atoms with Crippen molar-refractivity contribution in [2.45, 2.75) is 370 Å². The van der Waals surface area contributed by atoms with Crippen molar-refractivity contribution in [3.63, 3.8) is 0 Å². The van der Waals surface area contributed by atoms with Crippen molar-refractivity contribution in [3.8, 4) is 0 Å². The van der Waals surface area contributed by atoms with Crippen LogP contribution in [0.2, 0.25) is 0 Å². The summed E-state index contributed by atoms with van der Waals surface area (Å²) in [6, 6.07) is -0.948. The Labute approximate surface area is 596 Å². The number of aliphatic hydroxyl groups is 8. The van der Waals surface area contributed by atoms with E-state index in [1.54, 1.807) is 6.08 Å². The number of carbonyl (C=O) groups excluding carboxylic acids is 1. The van der Waals surface area contributed by atoms with Crippen LogP contribution in [-0.2, 0) is 23.7 Å². The van der Waals surface area contributed by atoms with E-state index >= 15 is 0 Å². The first-order valence-corrected chi connectivity index (χ1v) is 39.4. The minimum Gasteiger partial charge on any atom is -0.394 e. The van der Waals surface area contributed by atoms with Crippen molar-refractivity contribution in [2.24, 2.45) is 0 Å². The number of nitrogens with one attached hydrogen (secondary N) is 1. The Balaban J connectivity index is 1.64. The van der Waals surface area contributed by atoms with Crippen molar-refractivity contribution in [1.82, 2.24) is 5.32 Å². The van der Waals surface area contributed by atoms with Crippen molar-refractivity contribution in [2.75, 3.05) is 19.8 Å². The zero-order chi connectivity index (χ0) is 70.8. The molecular weight excluding hydrogens is 1230 g/mol. The van der Waals surface area contributed by atoms with Crippen LogP contribution in [0.15, 0.2) is 134 Å². The highest BCUT2D eigenvalue weighted by Crippen LogP contribution is 2.30. The first-order valence-electron chi connectivity index (χ1n) is 39.4. The lowest BCUT2D eigenvalue weighted by Gasteiger charge is -2.46. The summed E-state index contributed by atoms with van der Waals surface area (Å²) in [7, 11) is 0. The fourth-order valence-electron chi connectivity index (χ4n) is 12.1. The molecule has 2 fully saturated rings. The Morgan fingerprint density at radius 1 is 0.378 bits per heavy atom. The largest absolute Gasteiger partial charge is 0.394 e. The maximum atomic E-state index is 13.4. The Hall–Kier alpha value is -3.87. The molecule has 12 atom stereocenters. The third-order valence-electron chi connectivity index (χ3n) is 18.3. The number of amides is 1. The summed E-state index contributed by atoms with van der Waals surface area (Å²) in [4.78, 5) is 13.4. The third-order valence-corrected chi connectivity index (χ3v) is 18.3. The van der Waals surface area contributed by atoms with E-state index in [1.807, 2.05) is 6.08 Å². The highest BCUT2D eigenvalue weighted by atomic mass is 16.7. The molecule has 9 N–H and O–H groups in total. The lowest BCUT2D eigenvalue weighted by atomic mass is 9.97. The number of unbranched alkanes of at least 4 members (excludes halogenated alkanes) is 31. The zero-order valence-corrected chi connectivity index (χ0v) is 61.5. The first-order chi connectivity index (χ1) is 48.1. The number of ether oxygens (including phenoxy) is 4. The molecule has 14 nitrogen and oxygen atoms in total. The quantitative estimate of drug-likeness (QED) is 0.0204. The number of aliphatic hydroxyl groups excluding tert-OH is 8. The molecule has 562 valence electrons. The summed E-state index contributed by atoms with van der Waals surface area (Å²) < 4.78 is 22.9. The van der Waals surface area contributed by atoms with Gasteiger partial charge in [-0.15, -0.1) is 0 Å². The fraction of sp³-hybridized carbons (Fsp3) is 0.726. The van der Waals surface area contributed by atoms with Gasteiger partial charge in [0.05, 0.1) is 32.0 Å². The van der Waals surface area contributed by atoms with E-state index in [0.717, 1.165) is 103 Å². The Morgan fingerprint density at radius 3 is 1.12 bits per heavy atom. The molecular formula is C84H143NO13. The van der Waals surface area contributed by atoms with Crippen LogP contribution in [0.4, 0.5) is 0 Å². The van der Waals surface area contributed by atoms with Crippen LogP contribution in [0.3, 0.4) is 0 Å². The van der Waals surface area contributed by atoms with Gasteiger partial charge in [-0.25, -0.2) is 0 Å². The summed E-state index contributed by atoms with van der Waals surface area (Å²) in [5.41, 5.74) is 0. The minimum atomic E-state index is -1.80. The fourth-order valence-corrected chi connectivity index (χ4v) is 12.1. The van der Waals surface area contributed by atoms with Crippen LogP contribution >= 0.6 is 0 Å². The Bertz CT molecular complexity index is 2160. The molecule has 2 saturated heterocycles.